The minimum Gasteiger partial charge on any atom is -0.466 e. The standard InChI is InChI=1S/C54H101NO5/c1-3-5-7-9-11-13-15-17-19-21-23-25-27-32-36-40-44-48-54(59)60-49-45-41-37-33-29-28-31-35-39-43-47-53(58)55-51(50-56)52(57)46-42-38-34-30-26-24-22-20-18-16-14-12-10-8-6-4-2/h11,13,17,19,42,46,51-52,56-57H,3-10,12,14-16,18,20-41,43-45,47-50H2,1-2H3,(H,55,58)/b13-11-,19-17-,46-42+. The van der Waals surface area contributed by atoms with E-state index >= 15 is 0 Å². The molecule has 0 aliphatic rings. The van der Waals surface area contributed by atoms with Gasteiger partial charge in [-0.05, 0) is 64.2 Å². The molecule has 3 N–H and O–H groups in total. The molecule has 0 fully saturated rings. The number of ether oxygens (including phenoxy) is 1. The fourth-order valence-electron chi connectivity index (χ4n) is 7.84. The first-order valence-electron chi connectivity index (χ1n) is 26.3. The molecule has 0 aliphatic carbocycles. The molecule has 0 radical (unpaired) electrons. The highest BCUT2D eigenvalue weighted by Gasteiger charge is 2.18. The number of carbonyl (C=O) groups is 2. The quantitative estimate of drug-likeness (QED) is 0.0322. The molecular weight excluding hydrogens is 743 g/mol. The Morgan fingerprint density at radius 3 is 1.30 bits per heavy atom. The Morgan fingerprint density at radius 2 is 0.833 bits per heavy atom. The Hall–Kier alpha value is -1.92. The van der Waals surface area contributed by atoms with Gasteiger partial charge < -0.3 is 20.3 Å². The molecule has 2 unspecified atom stereocenters. The van der Waals surface area contributed by atoms with Crippen LogP contribution in [0.15, 0.2) is 36.5 Å². The zero-order chi connectivity index (χ0) is 43.7. The first-order chi connectivity index (χ1) is 29.5. The monoisotopic (exact) mass is 844 g/mol. The SMILES string of the molecule is CCCCC/C=C\C/C=C\CCCCCCCCCC(=O)OCCCCCCCCCCCCC(=O)NC(CO)C(O)/C=C/CCCCCCCCCCCCCCCC. The van der Waals surface area contributed by atoms with Crippen LogP contribution in [0.4, 0.5) is 0 Å². The number of amides is 1. The van der Waals surface area contributed by atoms with Gasteiger partial charge in [0.05, 0.1) is 25.4 Å². The Labute approximate surface area is 373 Å². The molecule has 0 rings (SSSR count). The van der Waals surface area contributed by atoms with Crippen molar-refractivity contribution in [1.29, 1.82) is 0 Å². The van der Waals surface area contributed by atoms with Gasteiger partial charge in [0.2, 0.25) is 5.91 Å². The van der Waals surface area contributed by atoms with E-state index in [0.29, 0.717) is 19.4 Å². The molecule has 0 heterocycles. The van der Waals surface area contributed by atoms with E-state index < -0.39 is 12.1 Å². The number of rotatable bonds is 48. The summed E-state index contributed by atoms with van der Waals surface area (Å²) in [4.78, 5) is 24.5. The van der Waals surface area contributed by atoms with E-state index in [1.807, 2.05) is 6.08 Å². The number of aliphatic hydroxyl groups is 2. The smallest absolute Gasteiger partial charge is 0.305 e. The summed E-state index contributed by atoms with van der Waals surface area (Å²) in [6.07, 6.45) is 59.9. The first-order valence-corrected chi connectivity index (χ1v) is 26.3. The van der Waals surface area contributed by atoms with Gasteiger partial charge in [-0.15, -0.1) is 0 Å². The highest BCUT2D eigenvalue weighted by atomic mass is 16.5. The van der Waals surface area contributed by atoms with Crippen LogP contribution in [0.25, 0.3) is 0 Å². The largest absolute Gasteiger partial charge is 0.466 e. The fraction of sp³-hybridized carbons (Fsp3) is 0.852. The second kappa shape index (κ2) is 49.7. The Kier molecular flexibility index (Phi) is 48.1. The van der Waals surface area contributed by atoms with Crippen LogP contribution >= 0.6 is 0 Å². The lowest BCUT2D eigenvalue weighted by Crippen LogP contribution is -2.45. The number of unbranched alkanes of at least 4 members (excludes halogenated alkanes) is 33. The second-order valence-corrected chi connectivity index (χ2v) is 17.9. The number of carbonyl (C=O) groups excluding carboxylic acids is 2. The van der Waals surface area contributed by atoms with Gasteiger partial charge in [-0.2, -0.15) is 0 Å². The van der Waals surface area contributed by atoms with Crippen LogP contribution in [0.1, 0.15) is 271 Å². The third-order valence-electron chi connectivity index (χ3n) is 11.9. The average Bonchev–Trinajstić information content (AvgIpc) is 3.25. The summed E-state index contributed by atoms with van der Waals surface area (Å²) in [5.74, 6) is -0.120. The summed E-state index contributed by atoms with van der Waals surface area (Å²) in [5, 5.41) is 23.1. The van der Waals surface area contributed by atoms with Crippen molar-refractivity contribution in [1.82, 2.24) is 5.32 Å². The molecule has 60 heavy (non-hydrogen) atoms. The van der Waals surface area contributed by atoms with Crippen molar-refractivity contribution in [2.75, 3.05) is 13.2 Å². The molecule has 0 aromatic heterocycles. The first kappa shape index (κ1) is 58.1. The van der Waals surface area contributed by atoms with Crippen molar-refractivity contribution >= 4 is 11.9 Å². The van der Waals surface area contributed by atoms with Gasteiger partial charge in [-0.25, -0.2) is 0 Å². The van der Waals surface area contributed by atoms with E-state index in [2.05, 4.69) is 43.5 Å². The molecule has 0 saturated heterocycles. The normalized spacial score (nSPS) is 12.9. The van der Waals surface area contributed by atoms with Gasteiger partial charge in [0, 0.05) is 12.8 Å². The van der Waals surface area contributed by atoms with E-state index in [-0.39, 0.29) is 18.5 Å². The number of hydrogen-bond donors (Lipinski definition) is 3. The number of allylic oxidation sites excluding steroid dienone is 5. The lowest BCUT2D eigenvalue weighted by atomic mass is 10.0. The van der Waals surface area contributed by atoms with Crippen molar-refractivity contribution in [2.45, 2.75) is 283 Å². The van der Waals surface area contributed by atoms with E-state index in [1.165, 1.54) is 180 Å². The van der Waals surface area contributed by atoms with Crippen molar-refractivity contribution in [3.05, 3.63) is 36.5 Å². The predicted octanol–water partition coefficient (Wildman–Crippen LogP) is 15.7. The summed E-state index contributed by atoms with van der Waals surface area (Å²) < 4.78 is 5.46. The van der Waals surface area contributed by atoms with Crippen molar-refractivity contribution in [3.63, 3.8) is 0 Å². The third kappa shape index (κ3) is 45.6. The molecule has 2 atom stereocenters. The molecule has 0 aromatic rings. The Morgan fingerprint density at radius 1 is 0.467 bits per heavy atom. The number of esters is 1. The summed E-state index contributed by atoms with van der Waals surface area (Å²) in [7, 11) is 0. The van der Waals surface area contributed by atoms with Crippen LogP contribution in [0.3, 0.4) is 0 Å². The Balaban J connectivity index is 3.52. The predicted molar refractivity (Wildman–Crippen MR) is 259 cm³/mol. The zero-order valence-corrected chi connectivity index (χ0v) is 39.9. The molecule has 6 heteroatoms. The molecule has 6 nitrogen and oxygen atoms in total. The lowest BCUT2D eigenvalue weighted by Gasteiger charge is -2.20. The molecule has 0 aromatic carbocycles. The van der Waals surface area contributed by atoms with Crippen molar-refractivity contribution in [3.8, 4) is 0 Å². The molecule has 1 amide bonds. The summed E-state index contributed by atoms with van der Waals surface area (Å²) in [6, 6.07) is -0.645. The molecule has 0 bridgehead atoms. The van der Waals surface area contributed by atoms with Gasteiger partial charge in [-0.3, -0.25) is 9.59 Å². The fourth-order valence-corrected chi connectivity index (χ4v) is 7.84. The molecule has 352 valence electrons. The van der Waals surface area contributed by atoms with Crippen LogP contribution in [-0.4, -0.2) is 47.4 Å². The van der Waals surface area contributed by atoms with E-state index in [4.69, 9.17) is 4.74 Å². The maximum absolute atomic E-state index is 12.4. The van der Waals surface area contributed by atoms with E-state index in [1.54, 1.807) is 6.08 Å². The molecule has 0 saturated carbocycles. The Bertz CT molecular complexity index is 977. The topological polar surface area (TPSA) is 95.9 Å². The summed E-state index contributed by atoms with van der Waals surface area (Å²) >= 11 is 0. The van der Waals surface area contributed by atoms with Crippen LogP contribution in [-0.2, 0) is 14.3 Å². The lowest BCUT2D eigenvalue weighted by molar-refractivity contribution is -0.143. The van der Waals surface area contributed by atoms with Crippen LogP contribution in [0.5, 0.6) is 0 Å². The van der Waals surface area contributed by atoms with Crippen LogP contribution < -0.4 is 5.32 Å². The van der Waals surface area contributed by atoms with Crippen LogP contribution in [0, 0.1) is 0 Å². The van der Waals surface area contributed by atoms with Gasteiger partial charge >= 0.3 is 5.97 Å². The summed E-state index contributed by atoms with van der Waals surface area (Å²) in [6.45, 7) is 4.82. The van der Waals surface area contributed by atoms with E-state index in [0.717, 1.165) is 64.2 Å². The third-order valence-corrected chi connectivity index (χ3v) is 11.9. The zero-order valence-electron chi connectivity index (χ0n) is 39.9. The highest BCUT2D eigenvalue weighted by Crippen LogP contribution is 2.15. The molecule has 0 aliphatic heterocycles. The van der Waals surface area contributed by atoms with Crippen molar-refractivity contribution < 1.29 is 24.5 Å². The van der Waals surface area contributed by atoms with Gasteiger partial charge in [0.25, 0.3) is 0 Å². The highest BCUT2D eigenvalue weighted by molar-refractivity contribution is 5.76. The number of nitrogens with one attached hydrogen (secondary N) is 1. The molecular formula is C54H101NO5. The molecule has 0 spiro atoms. The van der Waals surface area contributed by atoms with Crippen molar-refractivity contribution in [2.24, 2.45) is 0 Å². The van der Waals surface area contributed by atoms with Crippen LogP contribution in [0.2, 0.25) is 0 Å². The number of aliphatic hydroxyl groups excluding tert-OH is 2. The second-order valence-electron chi connectivity index (χ2n) is 17.9. The number of hydrogen-bond acceptors (Lipinski definition) is 5. The minimum atomic E-state index is -0.860. The minimum absolute atomic E-state index is 0.0289. The van der Waals surface area contributed by atoms with Gasteiger partial charge in [0.1, 0.15) is 0 Å². The maximum Gasteiger partial charge on any atom is 0.305 e. The van der Waals surface area contributed by atoms with Gasteiger partial charge in [0.15, 0.2) is 0 Å². The maximum atomic E-state index is 12.4. The summed E-state index contributed by atoms with van der Waals surface area (Å²) in [5.41, 5.74) is 0. The van der Waals surface area contributed by atoms with E-state index in [9.17, 15) is 19.8 Å². The average molecular weight is 844 g/mol. The van der Waals surface area contributed by atoms with Gasteiger partial charge in [-0.1, -0.05) is 230 Å².